The van der Waals surface area contributed by atoms with Crippen LogP contribution in [0.4, 0.5) is 0 Å². The van der Waals surface area contributed by atoms with Crippen molar-refractivity contribution in [2.75, 3.05) is 0 Å². The molecule has 312 valence electrons. The van der Waals surface area contributed by atoms with Crippen LogP contribution < -0.4 is 4.57 Å². The molecule has 11 aromatic rings. The molecule has 5 nitrogen and oxygen atoms in total. The molecule has 11 rings (SSSR count). The SMILES string of the molecule is [2H]c1oc2ccnc(-n3c4ccccc4c4ccc(Cc5cc(-n6[c-][n+](-c7c(-c8ccccc8)cccc7-c7cccc(C(C)(C)C)c7)c7ccccc76)cc(C(C)(C)C)c5)cc43)c2c1[2H]. The number of hydrogen-bond acceptors (Lipinski definition) is 2. The van der Waals surface area contributed by atoms with Crippen molar-refractivity contribution in [3.05, 3.63) is 211 Å². The summed E-state index contributed by atoms with van der Waals surface area (Å²) in [5.74, 6) is 0.586. The van der Waals surface area contributed by atoms with Gasteiger partial charge in [0.2, 0.25) is 0 Å². The summed E-state index contributed by atoms with van der Waals surface area (Å²) >= 11 is 0. The molecule has 0 aliphatic carbocycles. The molecule has 4 heterocycles. The van der Waals surface area contributed by atoms with E-state index >= 15 is 0 Å². The molecular weight excluding hydrogens is 781 g/mol. The Labute approximate surface area is 377 Å². The first-order chi connectivity index (χ1) is 31.8. The zero-order chi connectivity index (χ0) is 45.5. The van der Waals surface area contributed by atoms with Gasteiger partial charge in [-0.15, -0.1) is 0 Å². The normalized spacial score (nSPS) is 12.7. The number of imidazole rings is 1. The van der Waals surface area contributed by atoms with E-state index in [1.807, 2.05) is 6.07 Å². The van der Waals surface area contributed by atoms with Crippen molar-refractivity contribution in [2.45, 2.75) is 58.8 Å². The molecule has 0 fully saturated rings. The third-order valence-electron chi connectivity index (χ3n) is 12.6. The molecule has 4 aromatic heterocycles. The number of pyridine rings is 1. The number of benzene rings is 7. The Kier molecular flexibility index (Phi) is 8.75. The Morgan fingerprint density at radius 2 is 1.30 bits per heavy atom. The maximum Gasteiger partial charge on any atom is 0.269 e. The Morgan fingerprint density at radius 1 is 0.594 bits per heavy atom. The predicted octanol–water partition coefficient (Wildman–Crippen LogP) is 14.5. The molecule has 0 N–H and O–H groups in total. The number of rotatable bonds is 7. The van der Waals surface area contributed by atoms with Gasteiger partial charge in [0.05, 0.1) is 46.4 Å². The van der Waals surface area contributed by atoms with Crippen molar-refractivity contribution in [3.63, 3.8) is 0 Å². The first-order valence-electron chi connectivity index (χ1n) is 23.1. The molecule has 0 amide bonds. The van der Waals surface area contributed by atoms with Gasteiger partial charge in [-0.1, -0.05) is 175 Å². The van der Waals surface area contributed by atoms with Gasteiger partial charge in [0.15, 0.2) is 0 Å². The molecule has 0 saturated heterocycles. The van der Waals surface area contributed by atoms with E-state index in [2.05, 4.69) is 213 Å². The molecule has 0 saturated carbocycles. The molecule has 0 aliphatic heterocycles. The number of hydrogen-bond donors (Lipinski definition) is 0. The Morgan fingerprint density at radius 3 is 2.11 bits per heavy atom. The second-order valence-electron chi connectivity index (χ2n) is 19.0. The highest BCUT2D eigenvalue weighted by atomic mass is 16.3. The van der Waals surface area contributed by atoms with Crippen LogP contribution in [0.3, 0.4) is 0 Å². The quantitative estimate of drug-likeness (QED) is 0.119. The maximum absolute atomic E-state index is 8.77. The monoisotopic (exact) mass is 832 g/mol. The van der Waals surface area contributed by atoms with E-state index < -0.39 is 0 Å². The number of nitrogens with zero attached hydrogens (tertiary/aromatic N) is 4. The largest absolute Gasteiger partial charge is 0.464 e. The van der Waals surface area contributed by atoms with Gasteiger partial charge in [0, 0.05) is 17.0 Å². The van der Waals surface area contributed by atoms with Crippen LogP contribution in [-0.4, -0.2) is 14.1 Å². The van der Waals surface area contributed by atoms with E-state index in [1.54, 1.807) is 12.3 Å². The van der Waals surface area contributed by atoms with E-state index in [9.17, 15) is 0 Å². The maximum atomic E-state index is 8.77. The van der Waals surface area contributed by atoms with Crippen LogP contribution in [0.2, 0.25) is 0 Å². The summed E-state index contributed by atoms with van der Waals surface area (Å²) in [5.41, 5.74) is 16.0. The zero-order valence-electron chi connectivity index (χ0n) is 39.1. The number of aromatic nitrogens is 4. The molecule has 0 aliphatic rings. The first-order valence-corrected chi connectivity index (χ1v) is 22.1. The summed E-state index contributed by atoms with van der Waals surface area (Å²) in [6.07, 6.45) is 6.14. The molecule has 64 heavy (non-hydrogen) atoms. The fourth-order valence-corrected chi connectivity index (χ4v) is 9.30. The van der Waals surface area contributed by atoms with Gasteiger partial charge in [0.1, 0.15) is 12.8 Å². The lowest BCUT2D eigenvalue weighted by Gasteiger charge is -2.22. The van der Waals surface area contributed by atoms with Crippen molar-refractivity contribution < 1.29 is 11.7 Å². The van der Waals surface area contributed by atoms with Gasteiger partial charge in [0.25, 0.3) is 6.33 Å². The minimum Gasteiger partial charge on any atom is -0.464 e. The van der Waals surface area contributed by atoms with E-state index in [-0.39, 0.29) is 23.1 Å². The smallest absolute Gasteiger partial charge is 0.269 e. The molecule has 0 radical (unpaired) electrons. The standard InChI is InChI=1S/C59H50N4O/c1-58(2,3)43-19-14-18-42(36-43)47-22-15-21-46(41-16-8-7-9-17-41)56(47)62-38-61(52-24-12-13-25-53(52)62)45-34-40(33-44(37-45)59(4,5)6)32-39-26-27-49-48-20-10-11-23-51(48)63(54(49)35-39)57-50-29-31-64-55(50)28-30-60-57/h7-31,33-37H,32H2,1-6H3/i29D,31D. The van der Waals surface area contributed by atoms with Gasteiger partial charge in [-0.05, 0) is 98.1 Å². The van der Waals surface area contributed by atoms with Crippen LogP contribution in [0, 0.1) is 6.33 Å². The van der Waals surface area contributed by atoms with Crippen LogP contribution >= 0.6 is 0 Å². The topological polar surface area (TPSA) is 39.8 Å². The van der Waals surface area contributed by atoms with Crippen LogP contribution in [0.5, 0.6) is 0 Å². The second kappa shape index (κ2) is 15.1. The van der Waals surface area contributed by atoms with E-state index in [1.165, 1.54) is 22.3 Å². The summed E-state index contributed by atoms with van der Waals surface area (Å²) in [4.78, 5) is 4.82. The lowest BCUT2D eigenvalue weighted by molar-refractivity contribution is -0.571. The lowest BCUT2D eigenvalue weighted by Crippen LogP contribution is -2.31. The van der Waals surface area contributed by atoms with Crippen molar-refractivity contribution in [2.24, 2.45) is 0 Å². The lowest BCUT2D eigenvalue weighted by atomic mass is 9.85. The molecule has 0 atom stereocenters. The van der Waals surface area contributed by atoms with Gasteiger partial charge in [-0.2, -0.15) is 0 Å². The molecular formula is C59H50N4O. The van der Waals surface area contributed by atoms with Crippen molar-refractivity contribution in [1.29, 1.82) is 0 Å². The van der Waals surface area contributed by atoms with E-state index in [0.717, 1.165) is 66.5 Å². The fourth-order valence-electron chi connectivity index (χ4n) is 9.30. The second-order valence-corrected chi connectivity index (χ2v) is 19.0. The average molecular weight is 833 g/mol. The number of para-hydroxylation sites is 4. The molecule has 0 spiro atoms. The highest BCUT2D eigenvalue weighted by molar-refractivity contribution is 6.10. The highest BCUT2D eigenvalue weighted by Gasteiger charge is 2.23. The van der Waals surface area contributed by atoms with Crippen molar-refractivity contribution >= 4 is 43.8 Å². The first kappa shape index (κ1) is 37.1. The minimum absolute atomic E-state index is 0.00614. The molecule has 7 aromatic carbocycles. The Hall–Kier alpha value is -7.50. The van der Waals surface area contributed by atoms with Gasteiger partial charge in [-0.3, -0.25) is 13.7 Å². The van der Waals surface area contributed by atoms with Crippen molar-refractivity contribution in [1.82, 2.24) is 14.1 Å². The van der Waals surface area contributed by atoms with E-state index in [0.29, 0.717) is 23.2 Å². The van der Waals surface area contributed by atoms with Crippen LogP contribution in [0.25, 0.3) is 83.3 Å². The van der Waals surface area contributed by atoms with Gasteiger partial charge >= 0.3 is 0 Å². The van der Waals surface area contributed by atoms with Gasteiger partial charge < -0.3 is 4.42 Å². The van der Waals surface area contributed by atoms with Gasteiger partial charge in [-0.25, -0.2) is 4.98 Å². The van der Waals surface area contributed by atoms with Crippen LogP contribution in [0.1, 0.15) is 66.5 Å². The number of fused-ring (bicyclic) bond motifs is 5. The summed E-state index contributed by atoms with van der Waals surface area (Å²) in [6.45, 7) is 13.6. The predicted molar refractivity (Wildman–Crippen MR) is 263 cm³/mol. The van der Waals surface area contributed by atoms with Crippen molar-refractivity contribution in [3.8, 4) is 39.4 Å². The summed E-state index contributed by atoms with van der Waals surface area (Å²) < 4.78 is 29.4. The Balaban J connectivity index is 1.09. The molecule has 5 heteroatoms. The third kappa shape index (κ3) is 6.80. The summed E-state index contributed by atoms with van der Waals surface area (Å²) in [5, 5.41) is 2.72. The summed E-state index contributed by atoms with van der Waals surface area (Å²) in [7, 11) is 0. The Bertz CT molecular complexity index is 3670. The molecule has 0 unspecified atom stereocenters. The average Bonchev–Trinajstić information content (AvgIpc) is 3.96. The van der Waals surface area contributed by atoms with E-state index in [4.69, 9.17) is 12.1 Å². The third-order valence-corrected chi connectivity index (χ3v) is 12.6. The van der Waals surface area contributed by atoms with Crippen LogP contribution in [-0.2, 0) is 17.3 Å². The van der Waals surface area contributed by atoms with Crippen LogP contribution in [0.15, 0.2) is 187 Å². The highest BCUT2D eigenvalue weighted by Crippen LogP contribution is 2.38. The zero-order valence-corrected chi connectivity index (χ0v) is 37.1. The molecule has 0 bridgehead atoms. The fraction of sp³-hybridized carbons (Fsp3) is 0.153. The minimum atomic E-state index is -0.166. The summed E-state index contributed by atoms with van der Waals surface area (Å²) in [6, 6.07) is 58.7. The number of furan rings is 1.